The molecule has 0 saturated carbocycles. The maximum Gasteiger partial charge on any atom is 0.190 e. The first-order chi connectivity index (χ1) is 11.7. The van der Waals surface area contributed by atoms with Gasteiger partial charge in [-0.25, -0.2) is 0 Å². The van der Waals surface area contributed by atoms with E-state index in [-0.39, 0.29) is 0 Å². The molecule has 0 aromatic carbocycles. The molecule has 1 fully saturated rings. The van der Waals surface area contributed by atoms with E-state index in [2.05, 4.69) is 45.4 Å². The Morgan fingerprint density at radius 3 is 2.96 bits per heavy atom. The minimum absolute atomic E-state index is 0.715. The van der Waals surface area contributed by atoms with Crippen molar-refractivity contribution in [1.29, 1.82) is 0 Å². The summed E-state index contributed by atoms with van der Waals surface area (Å²) in [4.78, 5) is 11.3. The standard InChI is InChI=1S/C19H33N5/c1-16(2)14-24-12-6-7-17(15-24)13-23-19(20-3)22-11-9-18-8-4-5-10-21-18/h4-5,8,10,16-17H,6-7,9,11-15H2,1-3H3,(H2,20,22,23). The van der Waals surface area contributed by atoms with Crippen molar-refractivity contribution in [2.24, 2.45) is 16.8 Å². The van der Waals surface area contributed by atoms with Crippen molar-refractivity contribution < 1.29 is 0 Å². The normalized spacial score (nSPS) is 19.5. The van der Waals surface area contributed by atoms with Gasteiger partial charge in [0.05, 0.1) is 0 Å². The van der Waals surface area contributed by atoms with Crippen LogP contribution in [0.2, 0.25) is 0 Å². The number of piperidine rings is 1. The number of hydrogen-bond donors (Lipinski definition) is 2. The Balaban J connectivity index is 1.67. The van der Waals surface area contributed by atoms with Crippen LogP contribution in [0.3, 0.4) is 0 Å². The summed E-state index contributed by atoms with van der Waals surface area (Å²) in [5.74, 6) is 2.36. The summed E-state index contributed by atoms with van der Waals surface area (Å²) >= 11 is 0. The van der Waals surface area contributed by atoms with Gasteiger partial charge in [0, 0.05) is 51.5 Å². The topological polar surface area (TPSA) is 52.6 Å². The number of aliphatic imine (C=N–C) groups is 1. The van der Waals surface area contributed by atoms with E-state index in [1.807, 2.05) is 25.4 Å². The van der Waals surface area contributed by atoms with E-state index in [0.717, 1.165) is 37.1 Å². The first kappa shape index (κ1) is 18.7. The molecule has 2 heterocycles. The van der Waals surface area contributed by atoms with E-state index >= 15 is 0 Å². The molecule has 0 bridgehead atoms. The van der Waals surface area contributed by atoms with Gasteiger partial charge in [-0.05, 0) is 43.4 Å². The quantitative estimate of drug-likeness (QED) is 0.594. The maximum atomic E-state index is 4.35. The maximum absolute atomic E-state index is 4.35. The van der Waals surface area contributed by atoms with E-state index < -0.39 is 0 Å². The highest BCUT2D eigenvalue weighted by Gasteiger charge is 2.20. The molecule has 2 N–H and O–H groups in total. The molecule has 5 nitrogen and oxygen atoms in total. The molecule has 1 aromatic heterocycles. The van der Waals surface area contributed by atoms with Crippen LogP contribution in [0.25, 0.3) is 0 Å². The van der Waals surface area contributed by atoms with E-state index in [1.165, 1.54) is 32.5 Å². The van der Waals surface area contributed by atoms with Crippen molar-refractivity contribution in [3.05, 3.63) is 30.1 Å². The monoisotopic (exact) mass is 331 g/mol. The number of nitrogens with one attached hydrogen (secondary N) is 2. The number of guanidine groups is 1. The molecule has 0 spiro atoms. The third kappa shape index (κ3) is 6.87. The Morgan fingerprint density at radius 1 is 1.38 bits per heavy atom. The van der Waals surface area contributed by atoms with Crippen LogP contribution in [-0.4, -0.2) is 55.6 Å². The minimum Gasteiger partial charge on any atom is -0.356 e. The lowest BCUT2D eigenvalue weighted by molar-refractivity contribution is 0.159. The fourth-order valence-corrected chi connectivity index (χ4v) is 3.32. The van der Waals surface area contributed by atoms with Crippen molar-refractivity contribution in [2.75, 3.05) is 39.8 Å². The van der Waals surface area contributed by atoms with Crippen molar-refractivity contribution in [2.45, 2.75) is 33.1 Å². The third-order valence-corrected chi connectivity index (χ3v) is 4.41. The minimum atomic E-state index is 0.715. The first-order valence-electron chi connectivity index (χ1n) is 9.24. The van der Waals surface area contributed by atoms with Gasteiger partial charge in [0.1, 0.15) is 0 Å². The van der Waals surface area contributed by atoms with Gasteiger partial charge < -0.3 is 15.5 Å². The van der Waals surface area contributed by atoms with Crippen LogP contribution in [-0.2, 0) is 6.42 Å². The SMILES string of the molecule is CN=C(NCCc1ccccn1)NCC1CCCN(CC(C)C)C1. The molecular formula is C19H33N5. The zero-order chi connectivity index (χ0) is 17.2. The number of hydrogen-bond acceptors (Lipinski definition) is 3. The fraction of sp³-hybridized carbons (Fsp3) is 0.684. The number of aromatic nitrogens is 1. The fourth-order valence-electron chi connectivity index (χ4n) is 3.32. The van der Waals surface area contributed by atoms with Crippen LogP contribution in [0.4, 0.5) is 0 Å². The largest absolute Gasteiger partial charge is 0.356 e. The average Bonchev–Trinajstić information content (AvgIpc) is 2.58. The van der Waals surface area contributed by atoms with Gasteiger partial charge in [-0.3, -0.25) is 9.98 Å². The molecular weight excluding hydrogens is 298 g/mol. The second-order valence-electron chi connectivity index (χ2n) is 7.11. The highest BCUT2D eigenvalue weighted by atomic mass is 15.2. The molecule has 1 aliphatic heterocycles. The Hall–Kier alpha value is -1.62. The second kappa shape index (κ2) is 10.3. The van der Waals surface area contributed by atoms with Gasteiger partial charge in [-0.2, -0.15) is 0 Å². The molecule has 1 aromatic rings. The van der Waals surface area contributed by atoms with Crippen molar-refractivity contribution in [3.63, 3.8) is 0 Å². The second-order valence-corrected chi connectivity index (χ2v) is 7.11. The summed E-state index contributed by atoms with van der Waals surface area (Å²) in [5, 5.41) is 6.88. The summed E-state index contributed by atoms with van der Waals surface area (Å²) < 4.78 is 0. The van der Waals surface area contributed by atoms with E-state index in [0.29, 0.717) is 5.92 Å². The number of pyridine rings is 1. The van der Waals surface area contributed by atoms with Crippen LogP contribution >= 0.6 is 0 Å². The highest BCUT2D eigenvalue weighted by Crippen LogP contribution is 2.16. The molecule has 5 heteroatoms. The van der Waals surface area contributed by atoms with Gasteiger partial charge in [0.25, 0.3) is 0 Å². The number of rotatable bonds is 7. The van der Waals surface area contributed by atoms with E-state index in [1.54, 1.807) is 0 Å². The molecule has 1 unspecified atom stereocenters. The van der Waals surface area contributed by atoms with Crippen LogP contribution in [0.1, 0.15) is 32.4 Å². The lowest BCUT2D eigenvalue weighted by atomic mass is 9.97. The number of nitrogens with zero attached hydrogens (tertiary/aromatic N) is 3. The highest BCUT2D eigenvalue weighted by molar-refractivity contribution is 5.79. The van der Waals surface area contributed by atoms with E-state index in [9.17, 15) is 0 Å². The summed E-state index contributed by atoms with van der Waals surface area (Å²) in [6.07, 6.45) is 5.37. The smallest absolute Gasteiger partial charge is 0.190 e. The molecule has 134 valence electrons. The van der Waals surface area contributed by atoms with Crippen LogP contribution in [0.15, 0.2) is 29.4 Å². The number of likely N-dealkylation sites (tertiary alicyclic amines) is 1. The molecule has 1 aliphatic rings. The van der Waals surface area contributed by atoms with Gasteiger partial charge >= 0.3 is 0 Å². The zero-order valence-electron chi connectivity index (χ0n) is 15.5. The molecule has 0 aliphatic carbocycles. The Kier molecular flexibility index (Phi) is 8.02. The first-order valence-corrected chi connectivity index (χ1v) is 9.24. The Morgan fingerprint density at radius 2 is 2.25 bits per heavy atom. The van der Waals surface area contributed by atoms with Gasteiger partial charge in [0.15, 0.2) is 5.96 Å². The van der Waals surface area contributed by atoms with Crippen LogP contribution in [0.5, 0.6) is 0 Å². The third-order valence-electron chi connectivity index (χ3n) is 4.41. The van der Waals surface area contributed by atoms with E-state index in [4.69, 9.17) is 0 Å². The lowest BCUT2D eigenvalue weighted by Crippen LogP contribution is -2.45. The molecule has 0 radical (unpaired) electrons. The van der Waals surface area contributed by atoms with Crippen molar-refractivity contribution in [3.8, 4) is 0 Å². The summed E-state index contributed by atoms with van der Waals surface area (Å²) in [7, 11) is 1.84. The summed E-state index contributed by atoms with van der Waals surface area (Å²) in [6.45, 7) is 10.1. The van der Waals surface area contributed by atoms with Gasteiger partial charge in [-0.15, -0.1) is 0 Å². The lowest BCUT2D eigenvalue weighted by Gasteiger charge is -2.34. The van der Waals surface area contributed by atoms with Gasteiger partial charge in [-0.1, -0.05) is 19.9 Å². The molecule has 2 rings (SSSR count). The molecule has 0 amide bonds. The van der Waals surface area contributed by atoms with Crippen LogP contribution < -0.4 is 10.6 Å². The summed E-state index contributed by atoms with van der Waals surface area (Å²) in [6, 6.07) is 6.04. The van der Waals surface area contributed by atoms with Crippen LogP contribution in [0, 0.1) is 11.8 Å². The summed E-state index contributed by atoms with van der Waals surface area (Å²) in [5.41, 5.74) is 1.11. The predicted octanol–water partition coefficient (Wildman–Crippen LogP) is 2.16. The zero-order valence-corrected chi connectivity index (χ0v) is 15.5. The molecule has 24 heavy (non-hydrogen) atoms. The van der Waals surface area contributed by atoms with Gasteiger partial charge in [0.2, 0.25) is 0 Å². The molecule has 1 atom stereocenters. The molecule has 1 saturated heterocycles. The average molecular weight is 332 g/mol. The predicted molar refractivity (Wildman–Crippen MR) is 101 cm³/mol. The van der Waals surface area contributed by atoms with Crippen molar-refractivity contribution in [1.82, 2.24) is 20.5 Å². The Labute approximate surface area is 147 Å². The Bertz CT molecular complexity index is 486. The van der Waals surface area contributed by atoms with Crippen molar-refractivity contribution >= 4 is 5.96 Å².